The Morgan fingerprint density at radius 3 is 2.42 bits per heavy atom. The molecule has 2 rings (SSSR count). The molecule has 0 bridgehead atoms. The number of allylic oxidation sites excluding steroid dienone is 1. The number of amides is 1. The fourth-order valence-electron chi connectivity index (χ4n) is 3.75. The van der Waals surface area contributed by atoms with Gasteiger partial charge in [-0.25, -0.2) is 0 Å². The van der Waals surface area contributed by atoms with E-state index in [1.165, 1.54) is 17.7 Å². The maximum atomic E-state index is 13.9. The first-order chi connectivity index (χ1) is 14.8. The van der Waals surface area contributed by atoms with Crippen LogP contribution < -0.4 is 0 Å². The number of rotatable bonds is 14. The van der Waals surface area contributed by atoms with Gasteiger partial charge in [0, 0.05) is 25.8 Å². The summed E-state index contributed by atoms with van der Waals surface area (Å²) >= 11 is 0. The lowest BCUT2D eigenvalue weighted by Crippen LogP contribution is -2.36. The second-order valence-electron chi connectivity index (χ2n) is 8.05. The molecule has 1 N–H and O–H groups in total. The number of unbranched alkanes of at least 4 members (excludes halogenated alkanes) is 4. The van der Waals surface area contributed by atoms with E-state index in [0.29, 0.717) is 32.1 Å². The number of nitrogens with zero attached hydrogens (tertiary/aromatic N) is 1. The Balaban J connectivity index is 1.75. The SMILES string of the molecule is O=C(O)CCCCCCN1C(=O)C(F)(F)C[C@@H]1/C=C/C(=O)CCCCc1ccccc1. The summed E-state index contributed by atoms with van der Waals surface area (Å²) in [4.78, 5) is 35.8. The fraction of sp³-hybridized carbons (Fsp3) is 0.542. The van der Waals surface area contributed by atoms with Crippen molar-refractivity contribution in [3.8, 4) is 0 Å². The van der Waals surface area contributed by atoms with Gasteiger partial charge in [-0.15, -0.1) is 0 Å². The van der Waals surface area contributed by atoms with Crippen LogP contribution in [-0.4, -0.2) is 46.2 Å². The molecule has 0 aliphatic carbocycles. The van der Waals surface area contributed by atoms with Gasteiger partial charge in [0.25, 0.3) is 5.91 Å². The number of benzene rings is 1. The topological polar surface area (TPSA) is 74.7 Å². The largest absolute Gasteiger partial charge is 0.481 e. The van der Waals surface area contributed by atoms with Gasteiger partial charge in [0.1, 0.15) is 0 Å². The first-order valence-corrected chi connectivity index (χ1v) is 11.0. The van der Waals surface area contributed by atoms with Crippen molar-refractivity contribution in [2.45, 2.75) is 76.2 Å². The van der Waals surface area contributed by atoms with Gasteiger partial charge in [0.15, 0.2) is 5.78 Å². The molecule has 31 heavy (non-hydrogen) atoms. The van der Waals surface area contributed by atoms with Crippen molar-refractivity contribution in [3.63, 3.8) is 0 Å². The minimum Gasteiger partial charge on any atom is -0.481 e. The quantitative estimate of drug-likeness (QED) is 0.337. The summed E-state index contributed by atoms with van der Waals surface area (Å²) in [5, 5.41) is 8.62. The van der Waals surface area contributed by atoms with Crippen molar-refractivity contribution in [3.05, 3.63) is 48.0 Å². The van der Waals surface area contributed by atoms with Gasteiger partial charge in [-0.1, -0.05) is 49.2 Å². The number of likely N-dealkylation sites (tertiary alicyclic amines) is 1. The lowest BCUT2D eigenvalue weighted by atomic mass is 10.1. The Bertz CT molecular complexity index is 764. The molecule has 0 aromatic heterocycles. The summed E-state index contributed by atoms with van der Waals surface area (Å²) in [5.74, 6) is -5.58. The molecule has 1 aromatic rings. The molecule has 0 saturated carbocycles. The zero-order valence-corrected chi connectivity index (χ0v) is 17.8. The van der Waals surface area contributed by atoms with Crippen molar-refractivity contribution in [1.29, 1.82) is 0 Å². The Hall–Kier alpha value is -2.57. The number of carbonyl (C=O) groups is 3. The summed E-state index contributed by atoms with van der Waals surface area (Å²) in [5.41, 5.74) is 1.22. The third-order valence-corrected chi connectivity index (χ3v) is 5.46. The number of aryl methyl sites for hydroxylation is 1. The van der Waals surface area contributed by atoms with E-state index < -0.39 is 30.3 Å². The standard InChI is InChI=1S/C24H31F2NO4/c25-24(26)18-20(27(23(24)31)17-9-2-1-6-14-22(29)30)15-16-21(28)13-8-7-12-19-10-4-3-5-11-19/h3-5,10-11,15-16,20H,1-2,6-9,12-14,17-18H2,(H,29,30)/b16-15+/t20-/m0/s1. The van der Waals surface area contributed by atoms with Crippen LogP contribution in [0.15, 0.2) is 42.5 Å². The molecule has 170 valence electrons. The Labute approximate surface area is 182 Å². The molecule has 1 heterocycles. The van der Waals surface area contributed by atoms with E-state index in [4.69, 9.17) is 5.11 Å². The number of carbonyl (C=O) groups excluding carboxylic acids is 2. The predicted molar refractivity (Wildman–Crippen MR) is 114 cm³/mol. The van der Waals surface area contributed by atoms with E-state index in [9.17, 15) is 23.2 Å². The molecule has 1 amide bonds. The normalized spacial score (nSPS) is 18.1. The minimum atomic E-state index is -3.41. The van der Waals surface area contributed by atoms with E-state index in [1.54, 1.807) is 0 Å². The van der Waals surface area contributed by atoms with Gasteiger partial charge < -0.3 is 10.0 Å². The third-order valence-electron chi connectivity index (χ3n) is 5.46. The number of halogens is 2. The van der Waals surface area contributed by atoms with Crippen molar-refractivity contribution >= 4 is 17.7 Å². The summed E-state index contributed by atoms with van der Waals surface area (Å²) in [6.45, 7) is 0.182. The zero-order chi connectivity index (χ0) is 22.7. The Morgan fingerprint density at radius 2 is 1.71 bits per heavy atom. The van der Waals surface area contributed by atoms with Crippen LogP contribution in [0, 0.1) is 0 Å². The number of ketones is 1. The van der Waals surface area contributed by atoms with Crippen LogP contribution >= 0.6 is 0 Å². The predicted octanol–water partition coefficient (Wildman–Crippen LogP) is 4.80. The van der Waals surface area contributed by atoms with Crippen molar-refractivity contribution < 1.29 is 28.3 Å². The lowest BCUT2D eigenvalue weighted by Gasteiger charge is -2.21. The van der Waals surface area contributed by atoms with Crippen LogP contribution in [0.2, 0.25) is 0 Å². The van der Waals surface area contributed by atoms with Crippen LogP contribution in [-0.2, 0) is 20.8 Å². The number of aliphatic carboxylic acids is 1. The maximum absolute atomic E-state index is 13.9. The molecule has 0 spiro atoms. The van der Waals surface area contributed by atoms with Crippen LogP contribution in [0.25, 0.3) is 0 Å². The van der Waals surface area contributed by atoms with Gasteiger partial charge in [0.2, 0.25) is 0 Å². The van der Waals surface area contributed by atoms with Gasteiger partial charge in [-0.2, -0.15) is 8.78 Å². The number of carboxylic acid groups (broad SMARTS) is 1. The molecule has 1 atom stereocenters. The average Bonchev–Trinajstić information content (AvgIpc) is 2.95. The highest BCUT2D eigenvalue weighted by Crippen LogP contribution is 2.34. The summed E-state index contributed by atoms with van der Waals surface area (Å²) < 4.78 is 27.8. The zero-order valence-electron chi connectivity index (χ0n) is 17.8. The molecule has 1 aliphatic rings. The Morgan fingerprint density at radius 1 is 1.03 bits per heavy atom. The second kappa shape index (κ2) is 12.3. The van der Waals surface area contributed by atoms with E-state index in [-0.39, 0.29) is 18.7 Å². The fourth-order valence-corrected chi connectivity index (χ4v) is 3.75. The molecule has 0 unspecified atom stereocenters. The number of hydrogen-bond donors (Lipinski definition) is 1. The first-order valence-electron chi connectivity index (χ1n) is 11.0. The molecular formula is C24H31F2NO4. The summed E-state index contributed by atoms with van der Waals surface area (Å²) in [6, 6.07) is 9.21. The average molecular weight is 436 g/mol. The third kappa shape index (κ3) is 8.59. The van der Waals surface area contributed by atoms with Gasteiger partial charge in [-0.05, 0) is 43.7 Å². The van der Waals surface area contributed by atoms with Crippen molar-refractivity contribution in [1.82, 2.24) is 4.90 Å². The molecule has 7 heteroatoms. The maximum Gasteiger partial charge on any atom is 0.327 e. The molecule has 1 aromatic carbocycles. The monoisotopic (exact) mass is 435 g/mol. The summed E-state index contributed by atoms with van der Waals surface area (Å²) in [6.07, 6.45) is 7.47. The highest BCUT2D eigenvalue weighted by molar-refractivity contribution is 5.90. The van der Waals surface area contributed by atoms with Crippen LogP contribution in [0.1, 0.15) is 63.4 Å². The van der Waals surface area contributed by atoms with E-state index in [2.05, 4.69) is 0 Å². The molecular weight excluding hydrogens is 404 g/mol. The van der Waals surface area contributed by atoms with Crippen LogP contribution in [0.4, 0.5) is 8.78 Å². The lowest BCUT2D eigenvalue weighted by molar-refractivity contribution is -0.148. The van der Waals surface area contributed by atoms with Crippen molar-refractivity contribution in [2.24, 2.45) is 0 Å². The molecule has 1 aliphatic heterocycles. The number of alkyl halides is 2. The van der Waals surface area contributed by atoms with Gasteiger partial charge >= 0.3 is 11.9 Å². The number of hydrogen-bond acceptors (Lipinski definition) is 3. The minimum absolute atomic E-state index is 0.0829. The van der Waals surface area contributed by atoms with Gasteiger partial charge in [-0.3, -0.25) is 14.4 Å². The summed E-state index contributed by atoms with van der Waals surface area (Å²) in [7, 11) is 0. The van der Waals surface area contributed by atoms with Crippen LogP contribution in [0.3, 0.4) is 0 Å². The Kier molecular flexibility index (Phi) is 9.82. The molecule has 1 fully saturated rings. The molecule has 1 saturated heterocycles. The van der Waals surface area contributed by atoms with Crippen LogP contribution in [0.5, 0.6) is 0 Å². The second-order valence-corrected chi connectivity index (χ2v) is 8.05. The van der Waals surface area contributed by atoms with E-state index in [0.717, 1.165) is 24.2 Å². The van der Waals surface area contributed by atoms with Gasteiger partial charge in [0.05, 0.1) is 6.04 Å². The smallest absolute Gasteiger partial charge is 0.327 e. The highest BCUT2D eigenvalue weighted by Gasteiger charge is 2.52. The van der Waals surface area contributed by atoms with E-state index in [1.807, 2.05) is 30.3 Å². The highest BCUT2D eigenvalue weighted by atomic mass is 19.3. The molecule has 0 radical (unpaired) electrons. The first kappa shape index (κ1) is 24.7. The van der Waals surface area contributed by atoms with Crippen molar-refractivity contribution in [2.75, 3.05) is 6.54 Å². The van der Waals surface area contributed by atoms with E-state index >= 15 is 0 Å². The number of carboxylic acids is 1. The molecule has 5 nitrogen and oxygen atoms in total.